The molecule has 0 amide bonds. The topological polar surface area (TPSA) is 47.6 Å². The van der Waals surface area contributed by atoms with E-state index < -0.39 is 17.9 Å². The van der Waals surface area contributed by atoms with E-state index in [0.29, 0.717) is 31.1 Å². The van der Waals surface area contributed by atoms with Crippen molar-refractivity contribution in [1.29, 1.82) is 0 Å². The van der Waals surface area contributed by atoms with Gasteiger partial charge in [-0.05, 0) is 18.5 Å². The van der Waals surface area contributed by atoms with Gasteiger partial charge < -0.3 is 14.8 Å². The van der Waals surface area contributed by atoms with Crippen molar-refractivity contribution in [3.05, 3.63) is 29.6 Å². The van der Waals surface area contributed by atoms with E-state index in [2.05, 4.69) is 19.2 Å². The molecule has 0 spiro atoms. The highest BCUT2D eigenvalue weighted by Crippen LogP contribution is 2.26. The Kier molecular flexibility index (Phi) is 4.95. The Morgan fingerprint density at radius 3 is 2.95 bits per heavy atom. The maximum absolute atomic E-state index is 13.9. The highest BCUT2D eigenvalue weighted by Gasteiger charge is 2.30. The molecule has 20 heavy (non-hydrogen) atoms. The zero-order chi connectivity index (χ0) is 14.5. The maximum atomic E-state index is 13.9. The Morgan fingerprint density at radius 1 is 1.50 bits per heavy atom. The van der Waals surface area contributed by atoms with Crippen LogP contribution in [-0.4, -0.2) is 25.2 Å². The molecular weight excluding hydrogens is 261 g/mol. The second kappa shape index (κ2) is 6.70. The lowest BCUT2D eigenvalue weighted by molar-refractivity contribution is -0.143. The van der Waals surface area contributed by atoms with Crippen LogP contribution in [0, 0.1) is 11.7 Å². The van der Waals surface area contributed by atoms with E-state index in [-0.39, 0.29) is 5.75 Å². The molecule has 0 radical (unpaired) electrons. The second-order valence-corrected chi connectivity index (χ2v) is 5.32. The van der Waals surface area contributed by atoms with Crippen LogP contribution in [0.3, 0.4) is 0 Å². The van der Waals surface area contributed by atoms with Gasteiger partial charge in [-0.25, -0.2) is 9.18 Å². The summed E-state index contributed by atoms with van der Waals surface area (Å²) >= 11 is 0. The molecule has 1 fully saturated rings. The first-order chi connectivity index (χ1) is 9.58. The van der Waals surface area contributed by atoms with Crippen molar-refractivity contribution < 1.29 is 18.7 Å². The summed E-state index contributed by atoms with van der Waals surface area (Å²) in [5.41, 5.74) is 0.713. The van der Waals surface area contributed by atoms with E-state index in [1.165, 1.54) is 6.07 Å². The fourth-order valence-corrected chi connectivity index (χ4v) is 2.05. The lowest BCUT2D eigenvalue weighted by atomic mass is 10.1. The number of carbonyl (C=O) groups excluding carboxylic acids is 1. The van der Waals surface area contributed by atoms with E-state index in [4.69, 9.17) is 9.47 Å². The van der Waals surface area contributed by atoms with Crippen molar-refractivity contribution in [2.45, 2.75) is 32.9 Å². The Bertz CT molecular complexity index is 476. The standard InChI is InChI=1S/C15H20FNO3/c1-10(2)8-17-9-11-4-3-5-12(16)14(11)20-13-6-7-19-15(13)18/h3-5,10,13,17H,6-9H2,1-2H3. The summed E-state index contributed by atoms with van der Waals surface area (Å²) in [5.74, 6) is -0.215. The zero-order valence-electron chi connectivity index (χ0n) is 11.8. The van der Waals surface area contributed by atoms with Crippen LogP contribution in [0.5, 0.6) is 5.75 Å². The lowest BCUT2D eigenvalue weighted by Crippen LogP contribution is -2.24. The molecule has 1 aliphatic rings. The number of ether oxygens (including phenoxy) is 2. The largest absolute Gasteiger partial charge is 0.475 e. The van der Waals surface area contributed by atoms with Crippen LogP contribution >= 0.6 is 0 Å². The second-order valence-electron chi connectivity index (χ2n) is 5.32. The predicted octanol–water partition coefficient (Wildman–Crippen LogP) is 2.27. The van der Waals surface area contributed by atoms with Crippen molar-refractivity contribution >= 4 is 5.97 Å². The van der Waals surface area contributed by atoms with Crippen LogP contribution in [0.1, 0.15) is 25.8 Å². The van der Waals surface area contributed by atoms with Crippen molar-refractivity contribution in [1.82, 2.24) is 5.32 Å². The van der Waals surface area contributed by atoms with Gasteiger partial charge in [0.1, 0.15) is 0 Å². The molecule has 4 nitrogen and oxygen atoms in total. The fraction of sp³-hybridized carbons (Fsp3) is 0.533. The van der Waals surface area contributed by atoms with Crippen molar-refractivity contribution in [2.75, 3.05) is 13.2 Å². The van der Waals surface area contributed by atoms with Gasteiger partial charge in [-0.2, -0.15) is 0 Å². The van der Waals surface area contributed by atoms with Gasteiger partial charge in [-0.15, -0.1) is 0 Å². The van der Waals surface area contributed by atoms with Gasteiger partial charge in [0.15, 0.2) is 17.7 Å². The molecule has 2 rings (SSSR count). The maximum Gasteiger partial charge on any atom is 0.347 e. The van der Waals surface area contributed by atoms with Crippen LogP contribution in [-0.2, 0) is 16.1 Å². The number of cyclic esters (lactones) is 1. The van der Waals surface area contributed by atoms with Gasteiger partial charge in [-0.3, -0.25) is 0 Å². The van der Waals surface area contributed by atoms with Crippen molar-refractivity contribution in [3.8, 4) is 5.75 Å². The zero-order valence-corrected chi connectivity index (χ0v) is 11.8. The summed E-state index contributed by atoms with van der Waals surface area (Å²) < 4.78 is 24.3. The van der Waals surface area contributed by atoms with Gasteiger partial charge in [0.25, 0.3) is 0 Å². The average molecular weight is 281 g/mol. The molecule has 1 heterocycles. The lowest BCUT2D eigenvalue weighted by Gasteiger charge is -2.16. The predicted molar refractivity (Wildman–Crippen MR) is 72.9 cm³/mol. The first-order valence-corrected chi connectivity index (χ1v) is 6.89. The van der Waals surface area contributed by atoms with Crippen LogP contribution in [0.15, 0.2) is 18.2 Å². The molecule has 1 saturated heterocycles. The summed E-state index contributed by atoms with van der Waals surface area (Å²) in [5, 5.41) is 3.24. The Labute approximate surface area is 118 Å². The number of carbonyl (C=O) groups is 1. The number of nitrogens with one attached hydrogen (secondary N) is 1. The number of para-hydroxylation sites is 1. The molecule has 0 bridgehead atoms. The Balaban J connectivity index is 2.07. The number of hydrogen-bond acceptors (Lipinski definition) is 4. The number of rotatable bonds is 6. The first-order valence-electron chi connectivity index (χ1n) is 6.89. The van der Waals surface area contributed by atoms with Crippen molar-refractivity contribution in [3.63, 3.8) is 0 Å². The van der Waals surface area contributed by atoms with Crippen LogP contribution in [0.25, 0.3) is 0 Å². The molecule has 1 unspecified atom stereocenters. The number of halogens is 1. The summed E-state index contributed by atoms with van der Waals surface area (Å²) in [6.07, 6.45) is -0.234. The highest BCUT2D eigenvalue weighted by atomic mass is 19.1. The summed E-state index contributed by atoms with van der Waals surface area (Å²) in [6.45, 7) is 5.88. The van der Waals surface area contributed by atoms with Crippen LogP contribution in [0.4, 0.5) is 4.39 Å². The Hall–Kier alpha value is -1.62. The molecule has 1 aromatic carbocycles. The molecule has 1 N–H and O–H groups in total. The third kappa shape index (κ3) is 3.70. The molecule has 5 heteroatoms. The molecule has 0 aliphatic carbocycles. The van der Waals surface area contributed by atoms with E-state index in [9.17, 15) is 9.18 Å². The smallest absolute Gasteiger partial charge is 0.347 e. The summed E-state index contributed by atoms with van der Waals surface area (Å²) in [4.78, 5) is 11.4. The van der Waals surface area contributed by atoms with Gasteiger partial charge in [0.05, 0.1) is 6.61 Å². The highest BCUT2D eigenvalue weighted by molar-refractivity contribution is 5.76. The van der Waals surface area contributed by atoms with Gasteiger partial charge >= 0.3 is 5.97 Å². The molecule has 110 valence electrons. The van der Waals surface area contributed by atoms with Crippen molar-refractivity contribution in [2.24, 2.45) is 5.92 Å². The average Bonchev–Trinajstić information content (AvgIpc) is 2.78. The van der Waals surface area contributed by atoms with E-state index in [1.54, 1.807) is 12.1 Å². The molecule has 1 aromatic rings. The van der Waals surface area contributed by atoms with Crippen LogP contribution in [0.2, 0.25) is 0 Å². The van der Waals surface area contributed by atoms with Crippen LogP contribution < -0.4 is 10.1 Å². The van der Waals surface area contributed by atoms with E-state index in [1.807, 2.05) is 0 Å². The molecule has 1 aliphatic heterocycles. The number of benzene rings is 1. The van der Waals surface area contributed by atoms with E-state index in [0.717, 1.165) is 6.54 Å². The summed E-state index contributed by atoms with van der Waals surface area (Å²) in [7, 11) is 0. The minimum atomic E-state index is -0.698. The van der Waals surface area contributed by atoms with Gasteiger partial charge in [0.2, 0.25) is 0 Å². The molecule has 1 atom stereocenters. The fourth-order valence-electron chi connectivity index (χ4n) is 2.05. The van der Waals surface area contributed by atoms with Gasteiger partial charge in [-0.1, -0.05) is 26.0 Å². The minimum absolute atomic E-state index is 0.146. The van der Waals surface area contributed by atoms with E-state index >= 15 is 0 Å². The monoisotopic (exact) mass is 281 g/mol. The number of esters is 1. The summed E-state index contributed by atoms with van der Waals surface area (Å²) in [6, 6.07) is 4.77. The normalized spacial score (nSPS) is 18.4. The Morgan fingerprint density at radius 2 is 2.30 bits per heavy atom. The third-order valence-corrected chi connectivity index (χ3v) is 3.06. The quantitative estimate of drug-likeness (QED) is 0.813. The minimum Gasteiger partial charge on any atom is -0.475 e. The number of hydrogen-bond donors (Lipinski definition) is 1. The molecular formula is C15H20FNO3. The molecule has 0 saturated carbocycles. The third-order valence-electron chi connectivity index (χ3n) is 3.06. The molecule has 0 aromatic heterocycles. The SMILES string of the molecule is CC(C)CNCc1cccc(F)c1OC1CCOC1=O. The first kappa shape index (κ1) is 14.8. The van der Waals surface area contributed by atoms with Gasteiger partial charge in [0, 0.05) is 18.5 Å².